The van der Waals surface area contributed by atoms with Crippen LogP contribution in [-0.2, 0) is 6.54 Å². The third kappa shape index (κ3) is 9.62. The average Bonchev–Trinajstić information content (AvgIpc) is 2.67. The molecule has 0 aliphatic heterocycles. The molecule has 28 heavy (non-hydrogen) atoms. The molecule has 0 radical (unpaired) electrons. The highest BCUT2D eigenvalue weighted by molar-refractivity contribution is 14.0. The summed E-state index contributed by atoms with van der Waals surface area (Å²) < 4.78 is 46.6. The van der Waals surface area contributed by atoms with Crippen molar-refractivity contribution in [2.45, 2.75) is 12.7 Å². The number of hydrogen-bond acceptors (Lipinski definition) is 4. The molecule has 1 heterocycles. The van der Waals surface area contributed by atoms with E-state index >= 15 is 0 Å². The summed E-state index contributed by atoms with van der Waals surface area (Å²) in [4.78, 5) is 8.06. The van der Waals surface area contributed by atoms with Gasteiger partial charge in [-0.15, -0.1) is 24.0 Å². The summed E-state index contributed by atoms with van der Waals surface area (Å²) in [6.07, 6.45) is -1.04. The number of alkyl halides is 3. The fourth-order valence-electron chi connectivity index (χ4n) is 2.05. The summed E-state index contributed by atoms with van der Waals surface area (Å²) in [7, 11) is 1.64. The lowest BCUT2D eigenvalue weighted by Crippen LogP contribution is -2.38. The van der Waals surface area contributed by atoms with E-state index in [1.807, 2.05) is 6.07 Å². The standard InChI is InChI=1S/C18H21F3N4O2.HI/c1-22-17(24-9-10-26-16-3-2-8-23-12-16)25-11-14-4-6-15(7-5-14)27-13-18(19,20)21;/h2-8,12H,9-11,13H2,1H3,(H2,22,24,25);1H. The number of nitrogens with one attached hydrogen (secondary N) is 2. The van der Waals surface area contributed by atoms with Crippen molar-refractivity contribution in [3.05, 3.63) is 54.4 Å². The van der Waals surface area contributed by atoms with Crippen LogP contribution in [0.4, 0.5) is 13.2 Å². The topological polar surface area (TPSA) is 67.8 Å². The van der Waals surface area contributed by atoms with Gasteiger partial charge in [-0.25, -0.2) is 0 Å². The predicted octanol–water partition coefficient (Wildman–Crippen LogP) is 3.38. The number of halogens is 4. The van der Waals surface area contributed by atoms with Gasteiger partial charge in [0.15, 0.2) is 12.6 Å². The third-order valence-corrected chi connectivity index (χ3v) is 3.31. The molecule has 0 bridgehead atoms. The number of hydrogen-bond donors (Lipinski definition) is 2. The van der Waals surface area contributed by atoms with Crippen molar-refractivity contribution in [3.63, 3.8) is 0 Å². The van der Waals surface area contributed by atoms with Gasteiger partial charge in [0.25, 0.3) is 0 Å². The Kier molecular flexibility index (Phi) is 10.4. The lowest BCUT2D eigenvalue weighted by molar-refractivity contribution is -0.153. The number of aromatic nitrogens is 1. The first-order chi connectivity index (χ1) is 13.0. The highest BCUT2D eigenvalue weighted by Gasteiger charge is 2.28. The Hall–Kier alpha value is -2.24. The van der Waals surface area contributed by atoms with E-state index in [2.05, 4.69) is 25.3 Å². The number of guanidine groups is 1. The van der Waals surface area contributed by atoms with Crippen LogP contribution in [-0.4, -0.2) is 43.9 Å². The number of aliphatic imine (C=N–C) groups is 1. The minimum atomic E-state index is -4.35. The molecule has 154 valence electrons. The van der Waals surface area contributed by atoms with E-state index in [1.54, 1.807) is 37.6 Å². The highest BCUT2D eigenvalue weighted by atomic mass is 127. The van der Waals surface area contributed by atoms with Gasteiger partial charge < -0.3 is 20.1 Å². The zero-order valence-corrected chi connectivity index (χ0v) is 17.5. The van der Waals surface area contributed by atoms with Crippen molar-refractivity contribution < 1.29 is 22.6 Å². The number of ether oxygens (including phenoxy) is 2. The maximum Gasteiger partial charge on any atom is 0.422 e. The van der Waals surface area contributed by atoms with Crippen LogP contribution in [0.15, 0.2) is 53.8 Å². The molecule has 0 aliphatic carbocycles. The van der Waals surface area contributed by atoms with Gasteiger partial charge in [-0.1, -0.05) is 12.1 Å². The molecular formula is C18H22F3IN4O2. The number of benzene rings is 1. The van der Waals surface area contributed by atoms with E-state index in [0.29, 0.717) is 31.4 Å². The van der Waals surface area contributed by atoms with Gasteiger partial charge in [0, 0.05) is 19.8 Å². The molecule has 0 fully saturated rings. The van der Waals surface area contributed by atoms with E-state index in [0.717, 1.165) is 5.56 Å². The van der Waals surface area contributed by atoms with E-state index < -0.39 is 12.8 Å². The van der Waals surface area contributed by atoms with Gasteiger partial charge in [0.1, 0.15) is 18.1 Å². The van der Waals surface area contributed by atoms with Crippen LogP contribution in [0.3, 0.4) is 0 Å². The molecular weight excluding hydrogens is 488 g/mol. The van der Waals surface area contributed by atoms with E-state index in [9.17, 15) is 13.2 Å². The van der Waals surface area contributed by atoms with Gasteiger partial charge in [-0.2, -0.15) is 13.2 Å². The largest absolute Gasteiger partial charge is 0.490 e. The lowest BCUT2D eigenvalue weighted by Gasteiger charge is -2.13. The van der Waals surface area contributed by atoms with Gasteiger partial charge in [-0.05, 0) is 29.8 Å². The molecule has 2 N–H and O–H groups in total. The van der Waals surface area contributed by atoms with Gasteiger partial charge in [-0.3, -0.25) is 9.98 Å². The first-order valence-corrected chi connectivity index (χ1v) is 8.22. The third-order valence-electron chi connectivity index (χ3n) is 3.31. The van der Waals surface area contributed by atoms with Crippen molar-refractivity contribution in [2.75, 3.05) is 26.8 Å². The molecule has 10 heteroatoms. The Morgan fingerprint density at radius 2 is 1.82 bits per heavy atom. The fraction of sp³-hybridized carbons (Fsp3) is 0.333. The first kappa shape index (κ1) is 23.8. The van der Waals surface area contributed by atoms with Crippen LogP contribution in [0.1, 0.15) is 5.56 Å². The van der Waals surface area contributed by atoms with Crippen LogP contribution in [0.5, 0.6) is 11.5 Å². The summed E-state index contributed by atoms with van der Waals surface area (Å²) in [6.45, 7) is 0.140. The number of rotatable bonds is 8. The Labute approximate surface area is 178 Å². The monoisotopic (exact) mass is 510 g/mol. The maximum absolute atomic E-state index is 12.1. The second kappa shape index (κ2) is 12.3. The average molecular weight is 510 g/mol. The quantitative estimate of drug-likeness (QED) is 0.247. The lowest BCUT2D eigenvalue weighted by atomic mass is 10.2. The summed E-state index contributed by atoms with van der Waals surface area (Å²) in [5.41, 5.74) is 0.879. The van der Waals surface area contributed by atoms with Crippen LogP contribution < -0.4 is 20.1 Å². The SMILES string of the molecule is CN=C(NCCOc1cccnc1)NCc1ccc(OCC(F)(F)F)cc1.I. The zero-order chi connectivity index (χ0) is 19.5. The molecule has 0 spiro atoms. The maximum atomic E-state index is 12.1. The first-order valence-electron chi connectivity index (χ1n) is 8.22. The summed E-state index contributed by atoms with van der Waals surface area (Å²) in [6, 6.07) is 10.0. The molecule has 0 atom stereocenters. The molecule has 2 aromatic rings. The summed E-state index contributed by atoms with van der Waals surface area (Å²) in [5, 5.41) is 6.21. The Bertz CT molecular complexity index is 713. The van der Waals surface area contributed by atoms with Crippen molar-refractivity contribution >= 4 is 29.9 Å². The van der Waals surface area contributed by atoms with Crippen molar-refractivity contribution in [2.24, 2.45) is 4.99 Å². The van der Waals surface area contributed by atoms with Gasteiger partial charge >= 0.3 is 6.18 Å². The normalized spacial score (nSPS) is 11.4. The van der Waals surface area contributed by atoms with E-state index in [-0.39, 0.29) is 29.7 Å². The fourth-order valence-corrected chi connectivity index (χ4v) is 2.05. The number of nitrogens with zero attached hydrogens (tertiary/aromatic N) is 2. The molecule has 0 saturated carbocycles. The summed E-state index contributed by atoms with van der Waals surface area (Å²) in [5.74, 6) is 1.45. The highest BCUT2D eigenvalue weighted by Crippen LogP contribution is 2.18. The molecule has 1 aromatic carbocycles. The Morgan fingerprint density at radius 1 is 1.07 bits per heavy atom. The summed E-state index contributed by atoms with van der Waals surface area (Å²) >= 11 is 0. The van der Waals surface area contributed by atoms with E-state index in [4.69, 9.17) is 4.74 Å². The molecule has 6 nitrogen and oxygen atoms in total. The van der Waals surface area contributed by atoms with Crippen molar-refractivity contribution in [3.8, 4) is 11.5 Å². The molecule has 0 saturated heterocycles. The van der Waals surface area contributed by atoms with Crippen LogP contribution in [0.2, 0.25) is 0 Å². The van der Waals surface area contributed by atoms with Crippen LogP contribution >= 0.6 is 24.0 Å². The Morgan fingerprint density at radius 3 is 2.43 bits per heavy atom. The molecule has 1 aromatic heterocycles. The molecule has 0 aliphatic rings. The predicted molar refractivity (Wildman–Crippen MR) is 111 cm³/mol. The zero-order valence-electron chi connectivity index (χ0n) is 15.2. The molecule has 2 rings (SSSR count). The number of pyridine rings is 1. The second-order valence-electron chi connectivity index (χ2n) is 5.44. The smallest absolute Gasteiger partial charge is 0.422 e. The Balaban J connectivity index is 0.00000392. The van der Waals surface area contributed by atoms with Crippen molar-refractivity contribution in [1.29, 1.82) is 0 Å². The molecule has 0 amide bonds. The van der Waals surface area contributed by atoms with Crippen LogP contribution in [0, 0.1) is 0 Å². The minimum absolute atomic E-state index is 0. The van der Waals surface area contributed by atoms with Crippen LogP contribution in [0.25, 0.3) is 0 Å². The van der Waals surface area contributed by atoms with E-state index in [1.165, 1.54) is 12.1 Å². The van der Waals surface area contributed by atoms with Gasteiger partial charge in [0.2, 0.25) is 0 Å². The second-order valence-corrected chi connectivity index (χ2v) is 5.44. The van der Waals surface area contributed by atoms with Crippen molar-refractivity contribution in [1.82, 2.24) is 15.6 Å². The van der Waals surface area contributed by atoms with Gasteiger partial charge in [0.05, 0.1) is 12.7 Å². The molecule has 0 unspecified atom stereocenters. The minimum Gasteiger partial charge on any atom is -0.490 e.